The van der Waals surface area contributed by atoms with Gasteiger partial charge in [-0.25, -0.2) is 15.0 Å². The Labute approximate surface area is 107 Å². The molecule has 1 aliphatic rings. The van der Waals surface area contributed by atoms with E-state index in [9.17, 15) is 13.2 Å². The number of aromatic amines is 1. The monoisotopic (exact) mass is 270 g/mol. The van der Waals surface area contributed by atoms with E-state index in [1.165, 1.54) is 12.5 Å². The first kappa shape index (κ1) is 12.4. The van der Waals surface area contributed by atoms with Crippen LogP contribution in [0.3, 0.4) is 0 Å². The number of halogens is 3. The highest BCUT2D eigenvalue weighted by atomic mass is 19.4. The minimum absolute atomic E-state index is 0.177. The second kappa shape index (κ2) is 4.47. The molecule has 0 amide bonds. The number of nitrogens with one attached hydrogen (secondary N) is 1. The summed E-state index contributed by atoms with van der Waals surface area (Å²) in [5.74, 6) is -1.52. The number of aromatic nitrogens is 4. The largest absolute Gasteiger partial charge is 0.392 e. The molecule has 0 radical (unpaired) electrons. The van der Waals surface area contributed by atoms with Crippen molar-refractivity contribution >= 4 is 11.2 Å². The molecular weight excluding hydrogens is 257 g/mol. The van der Waals surface area contributed by atoms with Crippen molar-refractivity contribution in [2.24, 2.45) is 5.92 Å². The summed E-state index contributed by atoms with van der Waals surface area (Å²) in [5.41, 5.74) is 1.01. The highest BCUT2D eigenvalue weighted by Crippen LogP contribution is 2.45. The Kier molecular flexibility index (Phi) is 2.91. The molecule has 1 aliphatic carbocycles. The summed E-state index contributed by atoms with van der Waals surface area (Å²) in [5, 5.41) is 0. The molecule has 0 aliphatic heterocycles. The Balaban J connectivity index is 1.98. The molecule has 4 nitrogen and oxygen atoms in total. The highest BCUT2D eigenvalue weighted by molar-refractivity contribution is 5.68. The standard InChI is InChI=1S/C12H13F3N4/c13-12(14,15)8-4-2-1-3-7(8)10-18-9-5-16-6-17-11(9)19-10/h5-8H,1-4H2,(H,16,17,18,19). The van der Waals surface area contributed by atoms with E-state index in [4.69, 9.17) is 0 Å². The topological polar surface area (TPSA) is 54.5 Å². The Hall–Kier alpha value is -1.66. The van der Waals surface area contributed by atoms with Crippen molar-refractivity contribution < 1.29 is 13.2 Å². The second-order valence-electron chi connectivity index (χ2n) is 4.92. The van der Waals surface area contributed by atoms with Gasteiger partial charge in [-0.1, -0.05) is 12.8 Å². The lowest BCUT2D eigenvalue weighted by molar-refractivity contribution is -0.187. The van der Waals surface area contributed by atoms with Crippen molar-refractivity contribution in [2.75, 3.05) is 0 Å². The van der Waals surface area contributed by atoms with Gasteiger partial charge < -0.3 is 4.98 Å². The van der Waals surface area contributed by atoms with Gasteiger partial charge in [0.15, 0.2) is 5.65 Å². The van der Waals surface area contributed by atoms with E-state index in [2.05, 4.69) is 19.9 Å². The first-order valence-electron chi connectivity index (χ1n) is 6.28. The molecular formula is C12H13F3N4. The molecule has 2 heterocycles. The summed E-state index contributed by atoms with van der Waals surface area (Å²) in [6.07, 6.45) is 0.823. The molecule has 0 saturated heterocycles. The third kappa shape index (κ3) is 2.29. The fraction of sp³-hybridized carbons (Fsp3) is 0.583. The maximum absolute atomic E-state index is 13.1. The van der Waals surface area contributed by atoms with E-state index in [0.717, 1.165) is 6.42 Å². The van der Waals surface area contributed by atoms with Crippen LogP contribution in [0.5, 0.6) is 0 Å². The zero-order chi connectivity index (χ0) is 13.5. The van der Waals surface area contributed by atoms with E-state index < -0.39 is 18.0 Å². The van der Waals surface area contributed by atoms with Gasteiger partial charge in [-0.05, 0) is 12.8 Å². The van der Waals surface area contributed by atoms with Gasteiger partial charge in [0.25, 0.3) is 0 Å². The van der Waals surface area contributed by atoms with Crippen LogP contribution in [-0.2, 0) is 0 Å². The van der Waals surface area contributed by atoms with E-state index in [1.54, 1.807) is 0 Å². The minimum atomic E-state index is -4.17. The van der Waals surface area contributed by atoms with Gasteiger partial charge in [-0.15, -0.1) is 0 Å². The number of hydrogen-bond acceptors (Lipinski definition) is 3. The molecule has 0 aromatic carbocycles. The van der Waals surface area contributed by atoms with E-state index in [1.807, 2.05) is 0 Å². The summed E-state index contributed by atoms with van der Waals surface area (Å²) in [7, 11) is 0. The Morgan fingerprint density at radius 1 is 1.21 bits per heavy atom. The zero-order valence-electron chi connectivity index (χ0n) is 10.1. The quantitative estimate of drug-likeness (QED) is 0.865. The van der Waals surface area contributed by atoms with Gasteiger partial charge in [0.05, 0.1) is 12.1 Å². The Morgan fingerprint density at radius 2 is 2.00 bits per heavy atom. The summed E-state index contributed by atoms with van der Waals surface area (Å²) in [4.78, 5) is 14.9. The molecule has 0 bridgehead atoms. The molecule has 7 heteroatoms. The van der Waals surface area contributed by atoms with E-state index >= 15 is 0 Å². The number of rotatable bonds is 1. The first-order chi connectivity index (χ1) is 9.05. The van der Waals surface area contributed by atoms with Crippen LogP contribution in [-0.4, -0.2) is 26.1 Å². The number of fused-ring (bicyclic) bond motifs is 1. The highest BCUT2D eigenvalue weighted by Gasteiger charge is 2.46. The fourth-order valence-electron chi connectivity index (χ4n) is 2.81. The number of alkyl halides is 3. The van der Waals surface area contributed by atoms with E-state index in [0.29, 0.717) is 29.8 Å². The molecule has 2 aromatic heterocycles. The lowest BCUT2D eigenvalue weighted by atomic mass is 9.78. The van der Waals surface area contributed by atoms with Gasteiger partial charge in [0, 0.05) is 5.92 Å². The minimum Gasteiger partial charge on any atom is -0.339 e. The smallest absolute Gasteiger partial charge is 0.339 e. The average Bonchev–Trinajstić information content (AvgIpc) is 2.81. The van der Waals surface area contributed by atoms with Crippen molar-refractivity contribution in [1.82, 2.24) is 19.9 Å². The maximum atomic E-state index is 13.1. The number of hydrogen-bond donors (Lipinski definition) is 1. The Morgan fingerprint density at radius 3 is 2.74 bits per heavy atom. The lowest BCUT2D eigenvalue weighted by Gasteiger charge is -2.31. The van der Waals surface area contributed by atoms with Crippen LogP contribution < -0.4 is 0 Å². The predicted molar refractivity (Wildman–Crippen MR) is 62.4 cm³/mol. The van der Waals surface area contributed by atoms with Crippen LogP contribution >= 0.6 is 0 Å². The predicted octanol–water partition coefficient (Wildman–Crippen LogP) is 3.19. The van der Waals surface area contributed by atoms with Crippen molar-refractivity contribution in [2.45, 2.75) is 37.8 Å². The van der Waals surface area contributed by atoms with Crippen LogP contribution in [0.25, 0.3) is 11.2 Å². The second-order valence-corrected chi connectivity index (χ2v) is 4.92. The Bertz CT molecular complexity index is 545. The van der Waals surface area contributed by atoms with Crippen molar-refractivity contribution in [1.29, 1.82) is 0 Å². The summed E-state index contributed by atoms with van der Waals surface area (Å²) in [6, 6.07) is 0. The molecule has 1 fully saturated rings. The van der Waals surface area contributed by atoms with Crippen molar-refractivity contribution in [3.05, 3.63) is 18.3 Å². The molecule has 1 saturated carbocycles. The van der Waals surface area contributed by atoms with Gasteiger partial charge in [-0.3, -0.25) is 0 Å². The van der Waals surface area contributed by atoms with Crippen LogP contribution in [0.15, 0.2) is 12.5 Å². The number of imidazole rings is 1. The molecule has 2 aromatic rings. The summed E-state index contributed by atoms with van der Waals surface area (Å²) < 4.78 is 39.2. The zero-order valence-corrected chi connectivity index (χ0v) is 10.1. The molecule has 1 N–H and O–H groups in total. The molecule has 102 valence electrons. The van der Waals surface area contributed by atoms with Crippen molar-refractivity contribution in [3.8, 4) is 0 Å². The number of H-pyrrole nitrogens is 1. The van der Waals surface area contributed by atoms with E-state index in [-0.39, 0.29) is 6.42 Å². The average molecular weight is 270 g/mol. The van der Waals surface area contributed by atoms with Crippen LogP contribution in [0.2, 0.25) is 0 Å². The van der Waals surface area contributed by atoms with Gasteiger partial charge >= 0.3 is 6.18 Å². The molecule has 2 atom stereocenters. The summed E-state index contributed by atoms with van der Waals surface area (Å²) in [6.45, 7) is 0. The fourth-order valence-corrected chi connectivity index (χ4v) is 2.81. The lowest BCUT2D eigenvalue weighted by Crippen LogP contribution is -2.32. The van der Waals surface area contributed by atoms with Gasteiger partial charge in [0.2, 0.25) is 0 Å². The molecule has 3 rings (SSSR count). The molecule has 19 heavy (non-hydrogen) atoms. The third-order valence-corrected chi connectivity index (χ3v) is 3.72. The maximum Gasteiger partial charge on any atom is 0.392 e. The van der Waals surface area contributed by atoms with Crippen molar-refractivity contribution in [3.63, 3.8) is 0 Å². The summed E-state index contributed by atoms with van der Waals surface area (Å²) >= 11 is 0. The molecule has 0 spiro atoms. The van der Waals surface area contributed by atoms with Gasteiger partial charge in [0.1, 0.15) is 17.7 Å². The third-order valence-electron chi connectivity index (χ3n) is 3.72. The first-order valence-corrected chi connectivity index (χ1v) is 6.28. The SMILES string of the molecule is FC(F)(F)C1CCCCC1c1nc2ncncc2[nH]1. The van der Waals surface area contributed by atoms with Crippen LogP contribution in [0.4, 0.5) is 13.2 Å². The number of nitrogens with zero attached hydrogens (tertiary/aromatic N) is 3. The van der Waals surface area contributed by atoms with Crippen LogP contribution in [0.1, 0.15) is 37.4 Å². The van der Waals surface area contributed by atoms with Crippen LogP contribution in [0, 0.1) is 5.92 Å². The van der Waals surface area contributed by atoms with Gasteiger partial charge in [-0.2, -0.15) is 13.2 Å². The molecule has 2 unspecified atom stereocenters. The normalized spacial score (nSPS) is 24.8.